The molecule has 2 atom stereocenters. The van der Waals surface area contributed by atoms with Gasteiger partial charge in [0.2, 0.25) is 0 Å². The summed E-state index contributed by atoms with van der Waals surface area (Å²) < 4.78 is 27.4. The van der Waals surface area contributed by atoms with E-state index in [2.05, 4.69) is 11.8 Å². The van der Waals surface area contributed by atoms with E-state index >= 15 is 0 Å². The van der Waals surface area contributed by atoms with E-state index in [1.54, 1.807) is 0 Å². The topological polar surface area (TPSA) is 112 Å². The maximum absolute atomic E-state index is 12.0. The number of phosphoric acid groups is 1. The van der Waals surface area contributed by atoms with Crippen LogP contribution in [0.25, 0.3) is 0 Å². The molecule has 0 bridgehead atoms. The normalized spacial score (nSPS) is 14.1. The fourth-order valence-electron chi connectivity index (χ4n) is 4.71. The highest BCUT2D eigenvalue weighted by atomic mass is 31.2. The van der Waals surface area contributed by atoms with Crippen molar-refractivity contribution in [3.05, 3.63) is 0 Å². The van der Waals surface area contributed by atoms with Crippen LogP contribution in [0.5, 0.6) is 0 Å². The van der Waals surface area contributed by atoms with Crippen molar-refractivity contribution in [2.75, 3.05) is 47.5 Å². The van der Waals surface area contributed by atoms with E-state index in [4.69, 9.17) is 19.0 Å². The Morgan fingerprint density at radius 1 is 0.667 bits per heavy atom. The van der Waals surface area contributed by atoms with Crippen molar-refractivity contribution in [3.63, 3.8) is 0 Å². The molecule has 0 saturated heterocycles. The van der Waals surface area contributed by atoms with Crippen molar-refractivity contribution < 1.29 is 42.7 Å². The van der Waals surface area contributed by atoms with E-state index in [1.807, 2.05) is 21.1 Å². The van der Waals surface area contributed by atoms with Gasteiger partial charge in [-0.1, -0.05) is 135 Å². The highest BCUT2D eigenvalue weighted by Crippen LogP contribution is 2.43. The first kappa shape index (κ1) is 41.5. The molecular weight excluding hydrogens is 557 g/mol. The summed E-state index contributed by atoms with van der Waals surface area (Å²) in [5.74, 6) is -0.388. The van der Waals surface area contributed by atoms with Gasteiger partial charge < -0.3 is 14.1 Å². The van der Waals surface area contributed by atoms with Crippen LogP contribution >= 0.6 is 7.82 Å². The minimum Gasteiger partial charge on any atom is -0.463 e. The molecule has 42 heavy (non-hydrogen) atoms. The van der Waals surface area contributed by atoms with Crippen LogP contribution in [0.1, 0.15) is 148 Å². The minimum absolute atomic E-state index is 0.0381. The van der Waals surface area contributed by atoms with Crippen LogP contribution in [0.4, 0.5) is 0 Å². The van der Waals surface area contributed by atoms with Crippen LogP contribution in [-0.2, 0) is 28.0 Å². The van der Waals surface area contributed by atoms with Crippen molar-refractivity contribution in [1.82, 2.24) is 0 Å². The molecular formula is C32H67NO8P+. The number of unbranched alkanes of at least 4 members (excludes halogenated alkanes) is 20. The van der Waals surface area contributed by atoms with Crippen LogP contribution in [0.2, 0.25) is 0 Å². The molecule has 0 amide bonds. The van der Waals surface area contributed by atoms with Gasteiger partial charge in [-0.25, -0.2) is 9.45 Å². The van der Waals surface area contributed by atoms with E-state index in [1.165, 1.54) is 116 Å². The fraction of sp³-hybridized carbons (Fsp3) is 0.969. The molecule has 0 radical (unpaired) electrons. The summed E-state index contributed by atoms with van der Waals surface area (Å²) in [4.78, 5) is 25.9. The Hall–Kier alpha value is -0.540. The Morgan fingerprint density at radius 3 is 1.45 bits per heavy atom. The van der Waals surface area contributed by atoms with E-state index in [9.17, 15) is 14.3 Å². The summed E-state index contributed by atoms with van der Waals surface area (Å²) in [5, 5.41) is 8.99. The molecule has 2 unspecified atom stereocenters. The van der Waals surface area contributed by atoms with Gasteiger partial charge in [-0.3, -0.25) is 19.1 Å². The van der Waals surface area contributed by atoms with Gasteiger partial charge >= 0.3 is 13.8 Å². The first-order valence-electron chi connectivity index (χ1n) is 17.0. The fourth-order valence-corrected chi connectivity index (χ4v) is 5.45. The first-order valence-corrected chi connectivity index (χ1v) is 18.5. The molecule has 0 aromatic carbocycles. The van der Waals surface area contributed by atoms with Gasteiger partial charge in [-0.05, 0) is 6.42 Å². The van der Waals surface area contributed by atoms with Gasteiger partial charge in [0.15, 0.2) is 6.10 Å². The molecule has 0 aliphatic carbocycles. The Balaban J connectivity index is 3.51. The lowest BCUT2D eigenvalue weighted by Crippen LogP contribution is -2.37. The average Bonchev–Trinajstić information content (AvgIpc) is 2.93. The number of carbonyl (C=O) groups is 1. The van der Waals surface area contributed by atoms with Gasteiger partial charge in [0.05, 0.1) is 27.7 Å². The van der Waals surface area contributed by atoms with E-state index < -0.39 is 20.5 Å². The molecule has 9 nitrogen and oxygen atoms in total. The summed E-state index contributed by atoms with van der Waals surface area (Å²) >= 11 is 0. The number of likely N-dealkylation sites (N-methyl/N-ethyl adjacent to an activating group) is 1. The maximum Gasteiger partial charge on any atom is 0.472 e. The largest absolute Gasteiger partial charge is 0.472 e. The van der Waals surface area contributed by atoms with E-state index in [0.29, 0.717) is 17.4 Å². The molecule has 0 saturated carbocycles. The molecule has 0 aliphatic rings. The van der Waals surface area contributed by atoms with Crippen LogP contribution in [0.15, 0.2) is 0 Å². The highest BCUT2D eigenvalue weighted by Gasteiger charge is 2.25. The predicted molar refractivity (Wildman–Crippen MR) is 170 cm³/mol. The summed E-state index contributed by atoms with van der Waals surface area (Å²) in [5.41, 5.74) is 0. The van der Waals surface area contributed by atoms with Crippen molar-refractivity contribution in [2.24, 2.45) is 0 Å². The lowest BCUT2D eigenvalue weighted by molar-refractivity contribution is -0.870. The number of carbonyl (C=O) groups excluding carboxylic acids is 1. The Bertz CT molecular complexity index is 659. The second kappa shape index (κ2) is 28.0. The first-order chi connectivity index (χ1) is 20.1. The Morgan fingerprint density at radius 2 is 1.07 bits per heavy atom. The Kier molecular flexibility index (Phi) is 27.6. The summed E-state index contributed by atoms with van der Waals surface area (Å²) in [6.07, 6.45) is 26.8. The SMILES string of the molecule is CCCCCCCCCCCCCCCCCCCCCCCC(=O)OCC(COP(=O)(O)OCC[N+](C)(C)C)OO. The summed E-state index contributed by atoms with van der Waals surface area (Å²) in [7, 11) is 1.50. The lowest BCUT2D eigenvalue weighted by Gasteiger charge is -2.24. The van der Waals surface area contributed by atoms with Gasteiger partial charge in [-0.2, -0.15) is 0 Å². The highest BCUT2D eigenvalue weighted by molar-refractivity contribution is 7.47. The van der Waals surface area contributed by atoms with Crippen LogP contribution in [0.3, 0.4) is 0 Å². The summed E-state index contributed by atoms with van der Waals surface area (Å²) in [6, 6.07) is 0. The number of nitrogens with zero attached hydrogens (tertiary/aromatic N) is 1. The average molecular weight is 625 g/mol. The molecule has 2 N–H and O–H groups in total. The van der Waals surface area contributed by atoms with Gasteiger partial charge in [-0.15, -0.1) is 0 Å². The third kappa shape index (κ3) is 30.9. The molecule has 0 fully saturated rings. The molecule has 0 heterocycles. The number of ether oxygens (including phenoxy) is 1. The molecule has 10 heteroatoms. The smallest absolute Gasteiger partial charge is 0.463 e. The number of quaternary nitrogens is 1. The van der Waals surface area contributed by atoms with Crippen molar-refractivity contribution in [2.45, 2.75) is 154 Å². The zero-order valence-corrected chi connectivity index (χ0v) is 28.6. The standard InChI is InChI=1S/C32H66NO8P/c1-5-6-7-8-9-10-11-12-13-14-15-16-17-18-19-20-21-22-23-24-25-26-32(34)38-29-31(41-35)30-40-42(36,37)39-28-27-33(2,3)4/h31H,5-30H2,1-4H3,(H-,35,36,37)/p+1. The number of hydrogen-bond donors (Lipinski definition) is 2. The molecule has 252 valence electrons. The quantitative estimate of drug-likeness (QED) is 0.0191. The Labute approximate surface area is 258 Å². The third-order valence-corrected chi connectivity index (χ3v) is 8.49. The zero-order valence-electron chi connectivity index (χ0n) is 27.7. The second-order valence-corrected chi connectivity index (χ2v) is 14.3. The van der Waals surface area contributed by atoms with Crippen LogP contribution in [-0.4, -0.2) is 74.2 Å². The van der Waals surface area contributed by atoms with Crippen molar-refractivity contribution in [1.29, 1.82) is 0 Å². The second-order valence-electron chi connectivity index (χ2n) is 12.8. The molecule has 0 rings (SSSR count). The molecule has 0 aromatic rings. The van der Waals surface area contributed by atoms with Gasteiger partial charge in [0.1, 0.15) is 19.8 Å². The number of hydrogen-bond acceptors (Lipinski definition) is 7. The predicted octanol–water partition coefficient (Wildman–Crippen LogP) is 8.83. The zero-order chi connectivity index (χ0) is 31.4. The third-order valence-electron chi connectivity index (χ3n) is 7.50. The molecule has 0 aliphatic heterocycles. The van der Waals surface area contributed by atoms with Gasteiger partial charge in [0.25, 0.3) is 0 Å². The van der Waals surface area contributed by atoms with Crippen molar-refractivity contribution in [3.8, 4) is 0 Å². The van der Waals surface area contributed by atoms with Gasteiger partial charge in [0, 0.05) is 6.42 Å². The van der Waals surface area contributed by atoms with Crippen LogP contribution < -0.4 is 0 Å². The summed E-state index contributed by atoms with van der Waals surface area (Å²) in [6.45, 7) is 2.12. The lowest BCUT2D eigenvalue weighted by atomic mass is 10.0. The van der Waals surface area contributed by atoms with E-state index in [0.717, 1.165) is 19.3 Å². The van der Waals surface area contributed by atoms with Crippen LogP contribution in [0, 0.1) is 0 Å². The van der Waals surface area contributed by atoms with E-state index in [-0.39, 0.29) is 19.2 Å². The minimum atomic E-state index is -4.29. The number of rotatable bonds is 32. The number of phosphoric ester groups is 1. The molecule has 0 spiro atoms. The maximum atomic E-state index is 12.0. The van der Waals surface area contributed by atoms with Crippen molar-refractivity contribution >= 4 is 13.8 Å². The molecule has 0 aromatic heterocycles. The monoisotopic (exact) mass is 624 g/mol. The number of esters is 1.